The fourth-order valence-electron chi connectivity index (χ4n) is 1.59. The normalized spacial score (nSPS) is 11.6. The first-order chi connectivity index (χ1) is 9.41. The summed E-state index contributed by atoms with van der Waals surface area (Å²) in [5.41, 5.74) is 1.44. The number of halogens is 1. The second-order valence-electron chi connectivity index (χ2n) is 4.18. The molecule has 0 radical (unpaired) electrons. The molecule has 0 atom stereocenters. The molecule has 0 aliphatic heterocycles. The number of carbonyl (C=O) groups excluding carboxylic acids is 1. The number of hydroxylamine groups is 1. The molecule has 112 valence electrons. The summed E-state index contributed by atoms with van der Waals surface area (Å²) < 4.78 is 25.9. The molecule has 1 aromatic rings. The quantitative estimate of drug-likeness (QED) is 0.590. The van der Waals surface area contributed by atoms with E-state index < -0.39 is 22.5 Å². The SMILES string of the molecule is CCCCN(CC(=O)NO)S(=O)(=O)c1cccc(Cl)c1. The summed E-state index contributed by atoms with van der Waals surface area (Å²) in [7, 11) is -3.82. The number of nitrogens with one attached hydrogen (secondary N) is 1. The van der Waals surface area contributed by atoms with Gasteiger partial charge in [-0.25, -0.2) is 13.9 Å². The highest BCUT2D eigenvalue weighted by molar-refractivity contribution is 7.89. The molecule has 0 saturated carbocycles. The smallest absolute Gasteiger partial charge is 0.258 e. The van der Waals surface area contributed by atoms with Crippen LogP contribution in [0.5, 0.6) is 0 Å². The van der Waals surface area contributed by atoms with E-state index in [4.69, 9.17) is 16.8 Å². The highest BCUT2D eigenvalue weighted by atomic mass is 35.5. The van der Waals surface area contributed by atoms with Gasteiger partial charge in [-0.2, -0.15) is 4.31 Å². The first kappa shape index (κ1) is 16.9. The van der Waals surface area contributed by atoms with Crippen molar-refractivity contribution in [3.8, 4) is 0 Å². The second-order valence-corrected chi connectivity index (χ2v) is 6.56. The molecule has 0 aliphatic carbocycles. The Labute approximate surface area is 123 Å². The van der Waals surface area contributed by atoms with Gasteiger partial charge in [-0.05, 0) is 24.6 Å². The van der Waals surface area contributed by atoms with Gasteiger partial charge in [-0.1, -0.05) is 31.0 Å². The van der Waals surface area contributed by atoms with Gasteiger partial charge in [0, 0.05) is 11.6 Å². The second kappa shape index (κ2) is 7.58. The molecule has 1 aromatic carbocycles. The summed E-state index contributed by atoms with van der Waals surface area (Å²) in [5.74, 6) is -0.785. The average molecular weight is 321 g/mol. The largest absolute Gasteiger partial charge is 0.289 e. The topological polar surface area (TPSA) is 86.7 Å². The molecule has 0 bridgehead atoms. The summed E-state index contributed by atoms with van der Waals surface area (Å²) in [5, 5.41) is 8.85. The van der Waals surface area contributed by atoms with Crippen molar-refractivity contribution in [2.24, 2.45) is 0 Å². The Morgan fingerprint density at radius 1 is 1.45 bits per heavy atom. The van der Waals surface area contributed by atoms with E-state index >= 15 is 0 Å². The van der Waals surface area contributed by atoms with Gasteiger partial charge >= 0.3 is 0 Å². The van der Waals surface area contributed by atoms with Gasteiger partial charge in [0.05, 0.1) is 11.4 Å². The molecule has 2 N–H and O–H groups in total. The lowest BCUT2D eigenvalue weighted by molar-refractivity contribution is -0.129. The van der Waals surface area contributed by atoms with Gasteiger partial charge in [-0.3, -0.25) is 10.0 Å². The average Bonchev–Trinajstić information content (AvgIpc) is 2.42. The lowest BCUT2D eigenvalue weighted by Gasteiger charge is -2.21. The predicted octanol–water partition coefficient (Wildman–Crippen LogP) is 1.64. The third-order valence-electron chi connectivity index (χ3n) is 2.64. The van der Waals surface area contributed by atoms with Crippen LogP contribution in [-0.4, -0.2) is 36.9 Å². The zero-order valence-corrected chi connectivity index (χ0v) is 12.6. The van der Waals surface area contributed by atoms with Gasteiger partial charge in [0.2, 0.25) is 10.0 Å². The fourth-order valence-corrected chi connectivity index (χ4v) is 3.33. The fraction of sp³-hybridized carbons (Fsp3) is 0.417. The summed E-state index contributed by atoms with van der Waals surface area (Å²) in [4.78, 5) is 11.3. The monoisotopic (exact) mass is 320 g/mol. The molecule has 6 nitrogen and oxygen atoms in total. The number of sulfonamides is 1. The van der Waals surface area contributed by atoms with E-state index in [1.165, 1.54) is 23.7 Å². The number of nitrogens with zero attached hydrogens (tertiary/aromatic N) is 1. The number of unbranched alkanes of at least 4 members (excludes halogenated alkanes) is 1. The molecule has 0 unspecified atom stereocenters. The number of hydrogen-bond acceptors (Lipinski definition) is 4. The molecule has 1 amide bonds. The maximum Gasteiger partial charge on any atom is 0.258 e. The summed E-state index contributed by atoms with van der Waals surface area (Å²) in [6.45, 7) is 1.67. The van der Waals surface area contributed by atoms with Crippen LogP contribution in [0.3, 0.4) is 0 Å². The molecule has 1 rings (SSSR count). The number of hydrogen-bond donors (Lipinski definition) is 2. The zero-order chi connectivity index (χ0) is 15.2. The van der Waals surface area contributed by atoms with E-state index in [1.807, 2.05) is 6.92 Å². The molecule has 0 heterocycles. The Hall–Kier alpha value is -1.15. The molecule has 0 aliphatic rings. The van der Waals surface area contributed by atoms with Gasteiger partial charge in [0.1, 0.15) is 0 Å². The number of benzene rings is 1. The maximum absolute atomic E-state index is 12.4. The molecule has 0 fully saturated rings. The van der Waals surface area contributed by atoms with Crippen molar-refractivity contribution in [3.63, 3.8) is 0 Å². The molecular weight excluding hydrogens is 304 g/mol. The molecule has 8 heteroatoms. The standard InChI is InChI=1S/C12H17ClN2O4S/c1-2-3-7-15(9-12(16)14-17)20(18,19)11-6-4-5-10(13)8-11/h4-6,8,17H,2-3,7,9H2,1H3,(H,14,16). The molecule has 0 aromatic heterocycles. The van der Waals surface area contributed by atoms with Crippen molar-refractivity contribution in [1.82, 2.24) is 9.79 Å². The Morgan fingerprint density at radius 3 is 2.70 bits per heavy atom. The van der Waals surface area contributed by atoms with E-state index in [0.717, 1.165) is 10.7 Å². The Bertz CT molecular complexity index is 562. The predicted molar refractivity (Wildman–Crippen MR) is 75.0 cm³/mol. The lowest BCUT2D eigenvalue weighted by atomic mass is 10.3. The summed E-state index contributed by atoms with van der Waals surface area (Å²) in [6, 6.07) is 5.83. The first-order valence-corrected chi connectivity index (χ1v) is 7.92. The number of rotatable bonds is 7. The van der Waals surface area contributed by atoms with Gasteiger partial charge in [0.25, 0.3) is 5.91 Å². The van der Waals surface area contributed by atoms with Crippen LogP contribution in [0.2, 0.25) is 5.02 Å². The lowest BCUT2D eigenvalue weighted by Crippen LogP contribution is -2.40. The van der Waals surface area contributed by atoms with Crippen molar-refractivity contribution >= 4 is 27.5 Å². The zero-order valence-electron chi connectivity index (χ0n) is 11.0. The van der Waals surface area contributed by atoms with Crippen molar-refractivity contribution in [3.05, 3.63) is 29.3 Å². The Kier molecular flexibility index (Phi) is 6.41. The highest BCUT2D eigenvalue weighted by Crippen LogP contribution is 2.20. The molecule has 0 spiro atoms. The third kappa shape index (κ3) is 4.45. The van der Waals surface area contributed by atoms with Crippen LogP contribution < -0.4 is 5.48 Å². The maximum atomic E-state index is 12.4. The van der Waals surface area contributed by atoms with Crippen LogP contribution in [0, 0.1) is 0 Å². The van der Waals surface area contributed by atoms with Crippen molar-refractivity contribution in [1.29, 1.82) is 0 Å². The van der Waals surface area contributed by atoms with Crippen LogP contribution in [0.1, 0.15) is 19.8 Å². The van der Waals surface area contributed by atoms with E-state index in [1.54, 1.807) is 6.07 Å². The van der Waals surface area contributed by atoms with Crippen molar-refractivity contribution in [2.45, 2.75) is 24.7 Å². The van der Waals surface area contributed by atoms with Gasteiger partial charge < -0.3 is 0 Å². The van der Waals surface area contributed by atoms with E-state index in [9.17, 15) is 13.2 Å². The third-order valence-corrected chi connectivity index (χ3v) is 4.72. The van der Waals surface area contributed by atoms with Gasteiger partial charge in [-0.15, -0.1) is 0 Å². The van der Waals surface area contributed by atoms with Crippen molar-refractivity contribution in [2.75, 3.05) is 13.1 Å². The van der Waals surface area contributed by atoms with Crippen LogP contribution in [0.15, 0.2) is 29.2 Å². The van der Waals surface area contributed by atoms with E-state index in [0.29, 0.717) is 11.4 Å². The minimum Gasteiger partial charge on any atom is -0.289 e. The Balaban J connectivity index is 3.06. The first-order valence-electron chi connectivity index (χ1n) is 6.10. The van der Waals surface area contributed by atoms with Crippen molar-refractivity contribution < 1.29 is 18.4 Å². The summed E-state index contributed by atoms with van der Waals surface area (Å²) >= 11 is 5.79. The molecule has 20 heavy (non-hydrogen) atoms. The molecular formula is C12H17ClN2O4S. The van der Waals surface area contributed by atoms with Crippen LogP contribution in [-0.2, 0) is 14.8 Å². The van der Waals surface area contributed by atoms with Gasteiger partial charge in [0.15, 0.2) is 0 Å². The number of amides is 1. The number of carbonyl (C=O) groups is 1. The minimum absolute atomic E-state index is 0.0202. The highest BCUT2D eigenvalue weighted by Gasteiger charge is 2.26. The van der Waals surface area contributed by atoms with Crippen LogP contribution >= 0.6 is 11.6 Å². The summed E-state index contributed by atoms with van der Waals surface area (Å²) in [6.07, 6.45) is 1.39. The van der Waals surface area contributed by atoms with E-state index in [2.05, 4.69) is 0 Å². The van der Waals surface area contributed by atoms with Crippen LogP contribution in [0.25, 0.3) is 0 Å². The minimum atomic E-state index is -3.82. The van der Waals surface area contributed by atoms with Crippen LogP contribution in [0.4, 0.5) is 0 Å². The van der Waals surface area contributed by atoms with E-state index in [-0.39, 0.29) is 11.4 Å². The Morgan fingerprint density at radius 2 is 2.15 bits per heavy atom. The molecule has 0 saturated heterocycles.